The Morgan fingerprint density at radius 3 is 1.81 bits per heavy atom. The fraction of sp³-hybridized carbons (Fsp3) is 0.636. The Balaban J connectivity index is 1.33. The molecule has 2 heterocycles. The van der Waals surface area contributed by atoms with Crippen molar-refractivity contribution in [1.82, 2.24) is 0 Å². The summed E-state index contributed by atoms with van der Waals surface area (Å²) in [5.41, 5.74) is 4.14. The Morgan fingerprint density at radius 1 is 0.885 bits per heavy atom. The van der Waals surface area contributed by atoms with Crippen LogP contribution in [0.1, 0.15) is 42.4 Å². The number of ether oxygens (including phenoxy) is 4. The van der Waals surface area contributed by atoms with E-state index in [2.05, 4.69) is 24.8 Å². The fourth-order valence-electron chi connectivity index (χ4n) is 3.16. The van der Waals surface area contributed by atoms with Crippen molar-refractivity contribution >= 4 is 6.08 Å². The first-order valence-corrected chi connectivity index (χ1v) is 9.98. The van der Waals surface area contributed by atoms with Crippen LogP contribution in [0.2, 0.25) is 0 Å². The minimum Gasteiger partial charge on any atom is -0.379 e. The summed E-state index contributed by atoms with van der Waals surface area (Å²) in [4.78, 5) is 0. The quantitative estimate of drug-likeness (QED) is 0.352. The van der Waals surface area contributed by atoms with Crippen molar-refractivity contribution in [2.24, 2.45) is 0 Å². The molecule has 1 aromatic rings. The first-order chi connectivity index (χ1) is 12.9. The average molecular weight is 360 g/mol. The second-order valence-electron chi connectivity index (χ2n) is 7.17. The number of epoxide rings is 2. The summed E-state index contributed by atoms with van der Waals surface area (Å²) >= 11 is 0. The maximum atomic E-state index is 5.61. The third-order valence-electron chi connectivity index (χ3n) is 4.87. The normalized spacial score (nSPS) is 20.9. The molecule has 0 spiro atoms. The van der Waals surface area contributed by atoms with Crippen LogP contribution < -0.4 is 0 Å². The van der Waals surface area contributed by atoms with Gasteiger partial charge in [-0.2, -0.15) is 0 Å². The van der Waals surface area contributed by atoms with Crippen LogP contribution in [0.3, 0.4) is 0 Å². The van der Waals surface area contributed by atoms with E-state index in [4.69, 9.17) is 18.9 Å². The second-order valence-corrected chi connectivity index (χ2v) is 7.17. The van der Waals surface area contributed by atoms with E-state index < -0.39 is 0 Å². The minimum absolute atomic E-state index is 0.367. The first-order valence-electron chi connectivity index (χ1n) is 9.98. The van der Waals surface area contributed by atoms with Crippen LogP contribution in [0.25, 0.3) is 6.08 Å². The highest BCUT2D eigenvalue weighted by atomic mass is 16.6. The lowest BCUT2D eigenvalue weighted by Gasteiger charge is -2.12. The summed E-state index contributed by atoms with van der Waals surface area (Å²) in [6.07, 6.45) is 9.40. The Bertz CT molecular complexity index is 507. The molecule has 2 aliphatic rings. The van der Waals surface area contributed by atoms with E-state index in [1.54, 1.807) is 0 Å². The van der Waals surface area contributed by atoms with Crippen molar-refractivity contribution < 1.29 is 18.9 Å². The molecule has 2 saturated heterocycles. The van der Waals surface area contributed by atoms with Gasteiger partial charge in [0.2, 0.25) is 0 Å². The summed E-state index contributed by atoms with van der Waals surface area (Å²) in [6, 6.07) is 6.65. The molecule has 0 amide bonds. The molecule has 2 atom stereocenters. The lowest BCUT2D eigenvalue weighted by molar-refractivity contribution is 0.113. The molecular formula is C22H32O4. The molecule has 4 heteroatoms. The summed E-state index contributed by atoms with van der Waals surface area (Å²) in [7, 11) is 0. The third kappa shape index (κ3) is 7.20. The van der Waals surface area contributed by atoms with Gasteiger partial charge >= 0.3 is 0 Å². The van der Waals surface area contributed by atoms with Gasteiger partial charge in [-0.3, -0.25) is 0 Å². The molecule has 1 aromatic carbocycles. The highest BCUT2D eigenvalue weighted by Crippen LogP contribution is 2.21. The summed E-state index contributed by atoms with van der Waals surface area (Å²) in [6.45, 7) is 8.95. The molecule has 144 valence electrons. The topological polar surface area (TPSA) is 43.5 Å². The van der Waals surface area contributed by atoms with Gasteiger partial charge in [0.1, 0.15) is 12.2 Å². The van der Waals surface area contributed by atoms with Gasteiger partial charge in [-0.15, -0.1) is 0 Å². The van der Waals surface area contributed by atoms with Gasteiger partial charge in [0, 0.05) is 13.2 Å². The molecule has 3 rings (SSSR count). The standard InChI is InChI=1S/C22H32O4/c1-2-22-18(8-3-5-12-23-14-20-16-25-20)10-7-11-19(22)9-4-6-13-24-15-21-17-26-21/h2,7,10-11,20-21H,1,3-6,8-9,12-17H2. The zero-order valence-electron chi connectivity index (χ0n) is 15.8. The Labute approximate surface area is 157 Å². The van der Waals surface area contributed by atoms with Crippen LogP contribution in [-0.2, 0) is 31.8 Å². The molecule has 26 heavy (non-hydrogen) atoms. The zero-order valence-corrected chi connectivity index (χ0v) is 15.8. The van der Waals surface area contributed by atoms with Crippen molar-refractivity contribution in [2.45, 2.75) is 50.7 Å². The van der Waals surface area contributed by atoms with E-state index in [9.17, 15) is 0 Å². The van der Waals surface area contributed by atoms with Crippen molar-refractivity contribution in [3.8, 4) is 0 Å². The molecule has 2 unspecified atom stereocenters. The largest absolute Gasteiger partial charge is 0.379 e. The van der Waals surface area contributed by atoms with Crippen LogP contribution in [0.5, 0.6) is 0 Å². The van der Waals surface area contributed by atoms with E-state index in [1.807, 2.05) is 6.08 Å². The third-order valence-corrected chi connectivity index (χ3v) is 4.87. The molecule has 0 bridgehead atoms. The summed E-state index contributed by atoms with van der Waals surface area (Å²) < 4.78 is 21.5. The monoisotopic (exact) mass is 360 g/mol. The highest BCUT2D eigenvalue weighted by Gasteiger charge is 2.22. The smallest absolute Gasteiger partial charge is 0.104 e. The van der Waals surface area contributed by atoms with Gasteiger partial charge in [-0.1, -0.05) is 30.9 Å². The maximum absolute atomic E-state index is 5.61. The first kappa shape index (κ1) is 19.6. The summed E-state index contributed by atoms with van der Waals surface area (Å²) in [5, 5.41) is 0. The number of hydrogen-bond donors (Lipinski definition) is 0. The van der Waals surface area contributed by atoms with E-state index in [-0.39, 0.29) is 0 Å². The second kappa shape index (κ2) is 10.8. The molecule has 2 fully saturated rings. The van der Waals surface area contributed by atoms with Crippen LogP contribution in [-0.4, -0.2) is 51.8 Å². The van der Waals surface area contributed by atoms with E-state index in [1.165, 1.54) is 16.7 Å². The van der Waals surface area contributed by atoms with Crippen molar-refractivity contribution in [3.63, 3.8) is 0 Å². The lowest BCUT2D eigenvalue weighted by atomic mass is 9.94. The van der Waals surface area contributed by atoms with E-state index in [0.29, 0.717) is 12.2 Å². The predicted molar refractivity (Wildman–Crippen MR) is 104 cm³/mol. The number of hydrogen-bond acceptors (Lipinski definition) is 4. The van der Waals surface area contributed by atoms with Gasteiger partial charge in [-0.25, -0.2) is 0 Å². The van der Waals surface area contributed by atoms with Gasteiger partial charge in [-0.05, 0) is 55.2 Å². The van der Waals surface area contributed by atoms with Gasteiger partial charge < -0.3 is 18.9 Å². The zero-order chi connectivity index (χ0) is 18.0. The average Bonchev–Trinajstić information content (AvgIpc) is 3.55. The van der Waals surface area contributed by atoms with Crippen molar-refractivity contribution in [2.75, 3.05) is 39.6 Å². The van der Waals surface area contributed by atoms with Gasteiger partial charge in [0.25, 0.3) is 0 Å². The summed E-state index contributed by atoms with van der Waals surface area (Å²) in [5.74, 6) is 0. The molecule has 0 radical (unpaired) electrons. The van der Waals surface area contributed by atoms with E-state index >= 15 is 0 Å². The number of unbranched alkanes of at least 4 members (excludes halogenated alkanes) is 2. The highest BCUT2D eigenvalue weighted by molar-refractivity contribution is 5.56. The van der Waals surface area contributed by atoms with Crippen LogP contribution >= 0.6 is 0 Å². The Kier molecular flexibility index (Phi) is 8.15. The van der Waals surface area contributed by atoms with Crippen LogP contribution in [0.15, 0.2) is 24.8 Å². The Hall–Kier alpha value is -1.20. The van der Waals surface area contributed by atoms with Crippen LogP contribution in [0, 0.1) is 0 Å². The van der Waals surface area contributed by atoms with Gasteiger partial charge in [0.15, 0.2) is 0 Å². The molecule has 4 nitrogen and oxygen atoms in total. The maximum Gasteiger partial charge on any atom is 0.104 e. The number of aryl methyl sites for hydroxylation is 2. The molecule has 2 aliphatic heterocycles. The van der Waals surface area contributed by atoms with Crippen molar-refractivity contribution in [1.29, 1.82) is 0 Å². The van der Waals surface area contributed by atoms with Gasteiger partial charge in [0.05, 0.1) is 26.4 Å². The van der Waals surface area contributed by atoms with Crippen LogP contribution in [0.4, 0.5) is 0 Å². The molecule has 0 N–H and O–H groups in total. The molecule has 0 saturated carbocycles. The lowest BCUT2D eigenvalue weighted by Crippen LogP contribution is -2.04. The van der Waals surface area contributed by atoms with E-state index in [0.717, 1.165) is 78.2 Å². The Morgan fingerprint density at radius 2 is 1.38 bits per heavy atom. The molecule has 0 aromatic heterocycles. The number of benzene rings is 1. The van der Waals surface area contributed by atoms with Crippen molar-refractivity contribution in [3.05, 3.63) is 41.5 Å². The predicted octanol–water partition coefficient (Wildman–Crippen LogP) is 3.81. The minimum atomic E-state index is 0.367. The molecule has 0 aliphatic carbocycles. The molecular weight excluding hydrogens is 328 g/mol. The fourth-order valence-corrected chi connectivity index (χ4v) is 3.16. The number of rotatable bonds is 15. The SMILES string of the molecule is C=Cc1c(CCCCOCC2CO2)cccc1CCCCOCC1CO1.